The minimum absolute atomic E-state index is 0.0445. The maximum atomic E-state index is 14.8. The molecule has 0 fully saturated rings. The highest BCUT2D eigenvalue weighted by Crippen LogP contribution is 2.32. The van der Waals surface area contributed by atoms with Crippen molar-refractivity contribution < 1.29 is 28.3 Å². The maximum Gasteiger partial charge on any atom is 0.308 e. The van der Waals surface area contributed by atoms with E-state index in [-0.39, 0.29) is 35.0 Å². The van der Waals surface area contributed by atoms with Crippen molar-refractivity contribution in [1.29, 1.82) is 0 Å². The van der Waals surface area contributed by atoms with E-state index in [1.165, 1.54) is 37.5 Å². The summed E-state index contributed by atoms with van der Waals surface area (Å²) < 4.78 is 19.8. The molecule has 2 aromatic carbocycles. The summed E-state index contributed by atoms with van der Waals surface area (Å²) in [6.07, 6.45) is 4.43. The van der Waals surface area contributed by atoms with E-state index in [9.17, 15) is 23.6 Å². The van der Waals surface area contributed by atoms with Gasteiger partial charge in [-0.3, -0.25) is 24.2 Å². The fourth-order valence-corrected chi connectivity index (χ4v) is 7.34. The molecule has 1 unspecified atom stereocenters. The van der Waals surface area contributed by atoms with Crippen molar-refractivity contribution >= 4 is 69.2 Å². The Morgan fingerprint density at radius 1 is 0.911 bits per heavy atom. The average molecular weight is 808 g/mol. The number of halogens is 2. The van der Waals surface area contributed by atoms with Gasteiger partial charge in [-0.2, -0.15) is 10.2 Å². The number of nitrogens with zero attached hydrogens (tertiary/aromatic N) is 3. The van der Waals surface area contributed by atoms with Gasteiger partial charge in [0.25, 0.3) is 5.91 Å². The molecule has 0 radical (unpaired) electrons. The van der Waals surface area contributed by atoms with Gasteiger partial charge in [-0.15, -0.1) is 11.3 Å². The number of thiophene rings is 1. The van der Waals surface area contributed by atoms with Crippen LogP contribution in [0.15, 0.2) is 51.6 Å². The third-order valence-corrected chi connectivity index (χ3v) is 11.0. The summed E-state index contributed by atoms with van der Waals surface area (Å²) >= 11 is 7.63. The first kappa shape index (κ1) is 45.8. The summed E-state index contributed by atoms with van der Waals surface area (Å²) in [6, 6.07) is 9.32. The Kier molecular flexibility index (Phi) is 18.2. The Morgan fingerprint density at radius 3 is 2.21 bits per heavy atom. The predicted octanol–water partition coefficient (Wildman–Crippen LogP) is 10.0. The number of nitrogens with one attached hydrogen (secondary N) is 2. The number of amides is 1. The van der Waals surface area contributed by atoms with Crippen LogP contribution in [0, 0.1) is 25.6 Å². The zero-order valence-electron chi connectivity index (χ0n) is 34.0. The molecule has 3 aromatic rings. The molecule has 0 aliphatic carbocycles. The van der Waals surface area contributed by atoms with Crippen LogP contribution in [0.3, 0.4) is 0 Å². The normalized spacial score (nSPS) is 13.3. The SMILES string of the molecule is CCC/C(C)=N\N=C(/C)C(CC(=O)OC)/N=C(/c1ccc(Cl)cc1)c1c(C)sc(C(=O)NCCCCCNc2ccc(F)c(C(=O)[C@H](C)CC)c2C(C)=O)c1C. The minimum atomic E-state index is -0.690. The van der Waals surface area contributed by atoms with E-state index < -0.39 is 23.7 Å². The number of methoxy groups -OCH3 is 1. The quantitative estimate of drug-likeness (QED) is 0.0361. The van der Waals surface area contributed by atoms with Crippen LogP contribution in [-0.4, -0.2) is 66.8 Å². The lowest BCUT2D eigenvalue weighted by Gasteiger charge is -2.17. The summed E-state index contributed by atoms with van der Waals surface area (Å²) in [5.74, 6) is -2.48. The number of ether oxygens (including phenoxy) is 1. The number of hydrogen-bond donors (Lipinski definition) is 2. The zero-order chi connectivity index (χ0) is 41.5. The van der Waals surface area contributed by atoms with Crippen molar-refractivity contribution in [2.45, 2.75) is 106 Å². The van der Waals surface area contributed by atoms with Crippen LogP contribution in [0.4, 0.5) is 10.1 Å². The van der Waals surface area contributed by atoms with Gasteiger partial charge < -0.3 is 15.4 Å². The number of Topliss-reactive ketones (excluding diaryl/α,β-unsaturated/α-hetero) is 2. The first-order chi connectivity index (χ1) is 26.6. The second-order valence-corrected chi connectivity index (χ2v) is 15.6. The molecular weight excluding hydrogens is 753 g/mol. The Labute approximate surface area is 339 Å². The summed E-state index contributed by atoms with van der Waals surface area (Å²) in [4.78, 5) is 58.1. The van der Waals surface area contributed by atoms with Gasteiger partial charge in [0.2, 0.25) is 0 Å². The molecule has 0 aliphatic rings. The lowest BCUT2D eigenvalue weighted by molar-refractivity contribution is -0.140. The number of anilines is 1. The van der Waals surface area contributed by atoms with Crippen molar-refractivity contribution in [3.63, 3.8) is 0 Å². The molecule has 302 valence electrons. The summed E-state index contributed by atoms with van der Waals surface area (Å²) in [7, 11) is 1.33. The first-order valence-electron chi connectivity index (χ1n) is 19.1. The second-order valence-electron chi connectivity index (χ2n) is 13.9. The van der Waals surface area contributed by atoms with E-state index in [1.807, 2.05) is 39.8 Å². The summed E-state index contributed by atoms with van der Waals surface area (Å²) in [5, 5.41) is 15.6. The number of carbonyl (C=O) groups excluding carboxylic acids is 4. The van der Waals surface area contributed by atoms with Gasteiger partial charge in [-0.1, -0.05) is 50.9 Å². The van der Waals surface area contributed by atoms with Crippen molar-refractivity contribution in [1.82, 2.24) is 5.32 Å². The largest absolute Gasteiger partial charge is 0.469 e. The van der Waals surface area contributed by atoms with Crippen molar-refractivity contribution in [2.24, 2.45) is 21.1 Å². The molecule has 0 bridgehead atoms. The number of hydrogen-bond acceptors (Lipinski definition) is 10. The molecule has 0 saturated carbocycles. The summed E-state index contributed by atoms with van der Waals surface area (Å²) in [6.45, 7) is 15.5. The zero-order valence-corrected chi connectivity index (χ0v) is 35.6. The predicted molar refractivity (Wildman–Crippen MR) is 227 cm³/mol. The van der Waals surface area contributed by atoms with Crippen LogP contribution in [0.1, 0.15) is 138 Å². The molecule has 0 saturated heterocycles. The number of aryl methyl sites for hydroxylation is 1. The highest BCUT2D eigenvalue weighted by Gasteiger charge is 2.27. The Bertz CT molecular complexity index is 1970. The molecule has 0 spiro atoms. The number of unbranched alkanes of at least 4 members (excludes halogenated alkanes) is 2. The molecule has 56 heavy (non-hydrogen) atoms. The molecule has 3 rings (SSSR count). The lowest BCUT2D eigenvalue weighted by atomic mass is 9.90. The third-order valence-electron chi connectivity index (χ3n) is 9.50. The average Bonchev–Trinajstić information content (AvgIpc) is 3.47. The van der Waals surface area contributed by atoms with E-state index in [4.69, 9.17) is 21.3 Å². The number of rotatable bonds is 21. The maximum absolute atomic E-state index is 14.8. The van der Waals surface area contributed by atoms with Crippen LogP contribution >= 0.6 is 22.9 Å². The number of ketones is 2. The fraction of sp³-hybridized carbons (Fsp3) is 0.465. The smallest absolute Gasteiger partial charge is 0.308 e. The second kappa shape index (κ2) is 22.3. The van der Waals surface area contributed by atoms with Crippen molar-refractivity contribution in [2.75, 3.05) is 25.5 Å². The van der Waals surface area contributed by atoms with Crippen LogP contribution in [0.2, 0.25) is 5.02 Å². The third kappa shape index (κ3) is 12.5. The van der Waals surface area contributed by atoms with Gasteiger partial charge in [-0.05, 0) is 96.6 Å². The Balaban J connectivity index is 1.78. The molecule has 2 N–H and O–H groups in total. The van der Waals surface area contributed by atoms with E-state index >= 15 is 0 Å². The fourth-order valence-electron chi connectivity index (χ4n) is 6.13. The molecule has 10 nitrogen and oxygen atoms in total. The molecule has 1 aromatic heterocycles. The number of carbonyl (C=O) groups is 4. The van der Waals surface area contributed by atoms with Gasteiger partial charge in [0.1, 0.15) is 11.9 Å². The van der Waals surface area contributed by atoms with Gasteiger partial charge in [0.05, 0.1) is 41.0 Å². The van der Waals surface area contributed by atoms with Crippen molar-refractivity contribution in [3.05, 3.63) is 84.8 Å². The molecular formula is C43H55ClFN5O5S. The highest BCUT2D eigenvalue weighted by atomic mass is 35.5. The van der Waals surface area contributed by atoms with Gasteiger partial charge >= 0.3 is 5.97 Å². The van der Waals surface area contributed by atoms with Crippen LogP contribution in [-0.2, 0) is 9.53 Å². The Hall–Kier alpha value is -4.55. The molecule has 1 amide bonds. The van der Waals surface area contributed by atoms with Crippen LogP contribution in [0.25, 0.3) is 0 Å². The van der Waals surface area contributed by atoms with Gasteiger partial charge in [0.15, 0.2) is 11.6 Å². The molecule has 1 heterocycles. The minimum Gasteiger partial charge on any atom is -0.469 e. The highest BCUT2D eigenvalue weighted by molar-refractivity contribution is 7.14. The van der Waals surface area contributed by atoms with E-state index in [0.29, 0.717) is 52.9 Å². The number of esters is 1. The standard InChI is InChI=1S/C43H55ClFN5O5S/c1-10-15-26(4)49-50-28(6)35(24-36(52)55-9)48-40(31-16-18-32(44)19-17-31)37-27(5)42(56-30(37)8)43(54)47-23-14-12-13-22-46-34-21-20-33(45)39(38(34)29(7)51)41(53)25(3)11-2/h16-21,25,35,46H,10-15,22-24H2,1-9H3,(H,47,54)/b48-40-,49-26-,50-28+/t25-,35?/m1/s1. The van der Waals surface area contributed by atoms with Crippen molar-refractivity contribution in [3.8, 4) is 0 Å². The van der Waals surface area contributed by atoms with Crippen LogP contribution < -0.4 is 10.6 Å². The first-order valence-corrected chi connectivity index (χ1v) is 20.3. The molecule has 2 atom stereocenters. The van der Waals surface area contributed by atoms with E-state index in [2.05, 4.69) is 27.8 Å². The number of aliphatic imine (C=N–C) groups is 1. The molecule has 13 heteroatoms. The van der Waals surface area contributed by atoms with E-state index in [0.717, 1.165) is 53.0 Å². The molecule has 0 aliphatic heterocycles. The lowest BCUT2D eigenvalue weighted by Crippen LogP contribution is -2.25. The van der Waals surface area contributed by atoms with Crippen LogP contribution in [0.5, 0.6) is 0 Å². The Morgan fingerprint density at radius 2 is 1.59 bits per heavy atom. The topological polar surface area (TPSA) is 139 Å². The van der Waals surface area contributed by atoms with E-state index in [1.54, 1.807) is 26.0 Å². The monoisotopic (exact) mass is 807 g/mol. The van der Waals surface area contributed by atoms with Gasteiger partial charge in [0, 0.05) is 51.4 Å². The van der Waals surface area contributed by atoms with Gasteiger partial charge in [-0.25, -0.2) is 4.39 Å². The number of benzene rings is 2. The summed E-state index contributed by atoms with van der Waals surface area (Å²) in [5.41, 5.74) is 4.72.